The van der Waals surface area contributed by atoms with Gasteiger partial charge >= 0.3 is 24.0 Å². The number of carbonyl (C=O) groups is 5. The van der Waals surface area contributed by atoms with Crippen molar-refractivity contribution >= 4 is 29.8 Å². The van der Waals surface area contributed by atoms with Crippen LogP contribution < -0.4 is 5.32 Å². The van der Waals surface area contributed by atoms with Crippen LogP contribution in [0, 0.1) is 23.7 Å². The summed E-state index contributed by atoms with van der Waals surface area (Å²) in [6.07, 6.45) is -4.17. The zero-order valence-corrected chi connectivity index (χ0v) is 31.7. The average Bonchev–Trinajstić information content (AvgIpc) is 3.37. The molecule has 0 aromatic heterocycles. The lowest BCUT2D eigenvalue weighted by atomic mass is 9.73. The minimum atomic E-state index is -1.38. The largest absolute Gasteiger partial charge is 0.458 e. The normalized spacial score (nSPS) is 41.6. The maximum Gasteiger partial charge on any atom is 0.408 e. The van der Waals surface area contributed by atoms with E-state index in [2.05, 4.69) is 11.9 Å². The first-order chi connectivity index (χ1) is 23.2. The number of rotatable bonds is 8. The summed E-state index contributed by atoms with van der Waals surface area (Å²) in [6, 6.07) is -1.09. The molecule has 3 aliphatic rings. The van der Waals surface area contributed by atoms with Gasteiger partial charge in [-0.2, -0.15) is 0 Å². The second kappa shape index (κ2) is 16.5. The van der Waals surface area contributed by atoms with E-state index in [1.165, 1.54) is 14.0 Å². The number of methoxy groups -OCH3 is 1. The highest BCUT2D eigenvalue weighted by molar-refractivity contribution is 5.85. The van der Waals surface area contributed by atoms with Gasteiger partial charge in [-0.15, -0.1) is 0 Å². The number of hydrogen-bond donors (Lipinski definition) is 1. The minimum Gasteiger partial charge on any atom is -0.458 e. The maximum atomic E-state index is 14.2. The molecule has 3 fully saturated rings. The molecule has 1 amide bonds. The molecule has 3 aliphatic heterocycles. The fraction of sp³-hybridized carbons (Fsp3) is 0.806. The molecule has 0 unspecified atom stereocenters. The van der Waals surface area contributed by atoms with E-state index in [1.807, 2.05) is 25.9 Å². The van der Waals surface area contributed by atoms with E-state index in [0.29, 0.717) is 6.42 Å². The molecule has 0 aromatic carbocycles. The molecule has 3 heterocycles. The van der Waals surface area contributed by atoms with E-state index in [-0.39, 0.29) is 30.8 Å². The Kier molecular flexibility index (Phi) is 13.7. The van der Waals surface area contributed by atoms with Crippen molar-refractivity contribution < 1.29 is 57.1 Å². The number of alkyl carbamates (subject to hydrolysis) is 1. The molecule has 0 bridgehead atoms. The van der Waals surface area contributed by atoms with E-state index >= 15 is 0 Å². The number of nitrogens with zero attached hydrogens (tertiary/aromatic N) is 1. The molecule has 0 saturated carbocycles. The first-order valence-electron chi connectivity index (χ1n) is 17.5. The van der Waals surface area contributed by atoms with Crippen LogP contribution in [0.25, 0.3) is 0 Å². The van der Waals surface area contributed by atoms with Crippen molar-refractivity contribution in [2.24, 2.45) is 23.7 Å². The standard InChI is InChI=1S/C36H58N2O12/c1-14-25-36(10)30(37-34(43)50-36)20(5)27(41)18(3)17-35(9,44-13)31(21(6)28(48-26(40)15-2)22(7)32(42)47-25)49-33-29(46-23(8)39)24(38(11)12)16-19(4)45-33/h15,18-22,24-25,28-31,33H,2,14,16-17H2,1,3-13H3,(H,37,43)/t18-,19-,20+,21+,22-,24+,25-,28+,29-,30+,31-,33+,35-,36-/m1/s1. The Labute approximate surface area is 296 Å². The summed E-state index contributed by atoms with van der Waals surface area (Å²) in [4.78, 5) is 68.0. The molecule has 3 saturated heterocycles. The number of ketones is 1. The van der Waals surface area contributed by atoms with Gasteiger partial charge in [-0.05, 0) is 61.1 Å². The second-order valence-corrected chi connectivity index (χ2v) is 14.8. The number of carbonyl (C=O) groups excluding carboxylic acids is 5. The lowest BCUT2D eigenvalue weighted by molar-refractivity contribution is -0.303. The van der Waals surface area contributed by atoms with E-state index in [4.69, 9.17) is 33.2 Å². The molecule has 284 valence electrons. The fourth-order valence-corrected chi connectivity index (χ4v) is 8.02. The predicted molar refractivity (Wildman–Crippen MR) is 181 cm³/mol. The molecule has 1 N–H and O–H groups in total. The lowest BCUT2D eigenvalue weighted by Crippen LogP contribution is -2.61. The topological polar surface area (TPSA) is 165 Å². The van der Waals surface area contributed by atoms with Crippen LogP contribution >= 0.6 is 0 Å². The van der Waals surface area contributed by atoms with Gasteiger partial charge in [-0.3, -0.25) is 14.4 Å². The summed E-state index contributed by atoms with van der Waals surface area (Å²) in [7, 11) is 5.23. The van der Waals surface area contributed by atoms with Gasteiger partial charge in [0.1, 0.15) is 18.0 Å². The van der Waals surface area contributed by atoms with Crippen LogP contribution in [0.15, 0.2) is 12.7 Å². The monoisotopic (exact) mass is 710 g/mol. The van der Waals surface area contributed by atoms with Gasteiger partial charge in [0, 0.05) is 37.9 Å². The molecule has 14 atom stereocenters. The van der Waals surface area contributed by atoms with Gasteiger partial charge in [0.15, 0.2) is 18.0 Å². The van der Waals surface area contributed by atoms with Crippen molar-refractivity contribution in [3.63, 3.8) is 0 Å². The Balaban J connectivity index is 2.23. The summed E-state index contributed by atoms with van der Waals surface area (Å²) in [5.41, 5.74) is -2.65. The van der Waals surface area contributed by atoms with Crippen LogP contribution in [0.5, 0.6) is 0 Å². The Morgan fingerprint density at radius 1 is 1.04 bits per heavy atom. The van der Waals surface area contributed by atoms with Crippen LogP contribution in [0.2, 0.25) is 0 Å². The number of esters is 3. The van der Waals surface area contributed by atoms with Gasteiger partial charge in [-0.25, -0.2) is 9.59 Å². The van der Waals surface area contributed by atoms with Crippen LogP contribution in [-0.4, -0.2) is 116 Å². The molecule has 0 spiro atoms. The molecule has 14 heteroatoms. The average molecular weight is 711 g/mol. The van der Waals surface area contributed by atoms with Gasteiger partial charge < -0.3 is 43.4 Å². The number of Topliss-reactive ketones (excluding diaryl/α,β-unsaturated/α-hetero) is 1. The summed E-state index contributed by atoms with van der Waals surface area (Å²) in [5.74, 6) is -5.46. The van der Waals surface area contributed by atoms with Crippen molar-refractivity contribution in [1.82, 2.24) is 10.2 Å². The first kappa shape index (κ1) is 41.4. The number of hydrogen-bond acceptors (Lipinski definition) is 13. The summed E-state index contributed by atoms with van der Waals surface area (Å²) in [6.45, 7) is 18.8. The van der Waals surface area contributed by atoms with Crippen LogP contribution in [0.4, 0.5) is 4.79 Å². The fourth-order valence-electron chi connectivity index (χ4n) is 8.02. The Morgan fingerprint density at radius 2 is 1.68 bits per heavy atom. The Morgan fingerprint density at radius 3 is 2.22 bits per heavy atom. The highest BCUT2D eigenvalue weighted by atomic mass is 16.7. The second-order valence-electron chi connectivity index (χ2n) is 14.8. The van der Waals surface area contributed by atoms with E-state index in [9.17, 15) is 24.0 Å². The van der Waals surface area contributed by atoms with E-state index in [1.54, 1.807) is 48.5 Å². The van der Waals surface area contributed by atoms with Crippen molar-refractivity contribution in [2.75, 3.05) is 21.2 Å². The third-order valence-corrected chi connectivity index (χ3v) is 10.8. The third kappa shape index (κ3) is 8.68. The SMILES string of the molecule is C=CC(=O)O[C@H]1[C@H](C)[C@@H](O[C@@H]2O[C@H](C)C[C@H](N(C)C)[C@H]2OC(C)=O)[C@](C)(OC)C[C@@H](C)C(=O)[C@H](C)[C@@H]2NC(=O)O[C@]2(C)[C@@H](CC)OC(=O)[C@@H]1C. The number of cyclic esters (lactones) is 1. The van der Waals surface area contributed by atoms with E-state index < -0.39 is 95.6 Å². The number of amides is 1. The van der Waals surface area contributed by atoms with Crippen LogP contribution in [-0.2, 0) is 52.3 Å². The number of fused-ring (bicyclic) bond motifs is 1. The van der Waals surface area contributed by atoms with Crippen LogP contribution in [0.3, 0.4) is 0 Å². The Bertz CT molecular complexity index is 1280. The van der Waals surface area contributed by atoms with Crippen molar-refractivity contribution in [3.05, 3.63) is 12.7 Å². The highest BCUT2D eigenvalue weighted by Crippen LogP contribution is 2.41. The molecule has 0 aromatic rings. The zero-order valence-electron chi connectivity index (χ0n) is 31.7. The summed E-state index contributed by atoms with van der Waals surface area (Å²) in [5, 5.41) is 2.78. The molecule has 14 nitrogen and oxygen atoms in total. The minimum absolute atomic E-state index is 0.121. The molecule has 0 aliphatic carbocycles. The van der Waals surface area contributed by atoms with Gasteiger partial charge in [0.25, 0.3) is 0 Å². The predicted octanol–water partition coefficient (Wildman–Crippen LogP) is 3.58. The zero-order chi connectivity index (χ0) is 37.9. The maximum absolute atomic E-state index is 14.2. The van der Waals surface area contributed by atoms with Crippen molar-refractivity contribution in [1.29, 1.82) is 0 Å². The smallest absolute Gasteiger partial charge is 0.408 e. The molecule has 3 rings (SSSR count). The summed E-state index contributed by atoms with van der Waals surface area (Å²) >= 11 is 0. The number of ether oxygens (including phenoxy) is 7. The number of nitrogens with one attached hydrogen (secondary N) is 1. The summed E-state index contributed by atoms with van der Waals surface area (Å²) < 4.78 is 42.9. The first-order valence-corrected chi connectivity index (χ1v) is 17.5. The van der Waals surface area contributed by atoms with Crippen molar-refractivity contribution in [2.45, 2.75) is 142 Å². The van der Waals surface area contributed by atoms with Gasteiger partial charge in [0.2, 0.25) is 0 Å². The van der Waals surface area contributed by atoms with Gasteiger partial charge in [-0.1, -0.05) is 34.3 Å². The molecular weight excluding hydrogens is 652 g/mol. The van der Waals surface area contributed by atoms with Crippen molar-refractivity contribution in [3.8, 4) is 0 Å². The van der Waals surface area contributed by atoms with Crippen LogP contribution in [0.1, 0.15) is 81.6 Å². The van der Waals surface area contributed by atoms with E-state index in [0.717, 1.165) is 6.08 Å². The quantitative estimate of drug-likeness (QED) is 0.221. The molecular formula is C36H58N2O12. The third-order valence-electron chi connectivity index (χ3n) is 10.8. The van der Waals surface area contributed by atoms with Gasteiger partial charge in [0.05, 0.1) is 35.8 Å². The number of likely N-dealkylation sites (N-methyl/N-ethyl adjacent to an activating group) is 1. The Hall–Kier alpha value is -3.07. The highest BCUT2D eigenvalue weighted by Gasteiger charge is 2.57. The lowest BCUT2D eigenvalue weighted by Gasteiger charge is -2.49. The molecule has 0 radical (unpaired) electrons. The molecule has 50 heavy (non-hydrogen) atoms.